The Morgan fingerprint density at radius 2 is 2.33 bits per heavy atom. The van der Waals surface area contributed by atoms with Gasteiger partial charge < -0.3 is 0 Å². The zero-order valence-corrected chi connectivity index (χ0v) is 5.69. The summed E-state index contributed by atoms with van der Waals surface area (Å²) in [5, 5.41) is 0. The molecule has 0 bridgehead atoms. The SMILES string of the molecule is C=C1CC1C1=CCCC1. The highest BCUT2D eigenvalue weighted by molar-refractivity contribution is 5.34. The molecule has 0 amide bonds. The third kappa shape index (κ3) is 0.827. The number of hydrogen-bond acceptors (Lipinski definition) is 0. The topological polar surface area (TPSA) is 0 Å². The van der Waals surface area contributed by atoms with Gasteiger partial charge in [0.25, 0.3) is 0 Å². The van der Waals surface area contributed by atoms with E-state index >= 15 is 0 Å². The molecule has 0 spiro atoms. The largest absolute Gasteiger partial charge is 0.0992 e. The van der Waals surface area contributed by atoms with Crippen molar-refractivity contribution < 1.29 is 0 Å². The lowest BCUT2D eigenvalue weighted by Gasteiger charge is -1.92. The van der Waals surface area contributed by atoms with Crippen LogP contribution in [0.25, 0.3) is 0 Å². The molecular formula is C9H12. The molecule has 0 aromatic rings. The smallest absolute Gasteiger partial charge is 0.00419 e. The fourth-order valence-electron chi connectivity index (χ4n) is 1.61. The van der Waals surface area contributed by atoms with Crippen LogP contribution in [0.5, 0.6) is 0 Å². The van der Waals surface area contributed by atoms with Gasteiger partial charge in [0.15, 0.2) is 0 Å². The van der Waals surface area contributed by atoms with Crippen molar-refractivity contribution in [2.45, 2.75) is 25.7 Å². The Hall–Kier alpha value is -0.520. The minimum absolute atomic E-state index is 0.826. The Labute approximate surface area is 56.3 Å². The predicted molar refractivity (Wildman–Crippen MR) is 39.2 cm³/mol. The van der Waals surface area contributed by atoms with Crippen molar-refractivity contribution >= 4 is 0 Å². The number of allylic oxidation sites excluding steroid dienone is 3. The first kappa shape index (κ1) is 5.28. The molecule has 1 unspecified atom stereocenters. The molecule has 0 nitrogen and oxygen atoms in total. The molecule has 0 heterocycles. The van der Waals surface area contributed by atoms with Crippen LogP contribution in [0.2, 0.25) is 0 Å². The van der Waals surface area contributed by atoms with E-state index in [1.165, 1.54) is 31.3 Å². The van der Waals surface area contributed by atoms with Crippen LogP contribution in [-0.4, -0.2) is 0 Å². The zero-order chi connectivity index (χ0) is 6.27. The average molecular weight is 120 g/mol. The van der Waals surface area contributed by atoms with Gasteiger partial charge in [-0.25, -0.2) is 0 Å². The van der Waals surface area contributed by atoms with E-state index in [4.69, 9.17) is 0 Å². The molecular weight excluding hydrogens is 108 g/mol. The molecule has 0 aromatic carbocycles. The molecule has 0 aliphatic heterocycles. The fraction of sp³-hybridized carbons (Fsp3) is 0.556. The van der Waals surface area contributed by atoms with Crippen molar-refractivity contribution in [2.75, 3.05) is 0 Å². The molecule has 1 saturated carbocycles. The van der Waals surface area contributed by atoms with Crippen LogP contribution in [0.3, 0.4) is 0 Å². The third-order valence-electron chi connectivity index (χ3n) is 2.32. The van der Waals surface area contributed by atoms with Crippen LogP contribution >= 0.6 is 0 Å². The highest BCUT2D eigenvalue weighted by Gasteiger charge is 2.31. The van der Waals surface area contributed by atoms with E-state index in [0.717, 1.165) is 5.92 Å². The van der Waals surface area contributed by atoms with Gasteiger partial charge in [0.2, 0.25) is 0 Å². The predicted octanol–water partition coefficient (Wildman–Crippen LogP) is 2.67. The summed E-state index contributed by atoms with van der Waals surface area (Å²) in [6.45, 7) is 3.95. The summed E-state index contributed by atoms with van der Waals surface area (Å²) in [6.07, 6.45) is 7.75. The van der Waals surface area contributed by atoms with Gasteiger partial charge in [-0.2, -0.15) is 0 Å². The standard InChI is InChI=1S/C9H12/c1-7-6-9(7)8-4-2-3-5-8/h4,9H,1-3,5-6H2. The van der Waals surface area contributed by atoms with E-state index < -0.39 is 0 Å². The summed E-state index contributed by atoms with van der Waals surface area (Å²) in [7, 11) is 0. The van der Waals surface area contributed by atoms with Crippen LogP contribution in [0.1, 0.15) is 25.7 Å². The van der Waals surface area contributed by atoms with E-state index in [2.05, 4.69) is 12.7 Å². The second-order valence-corrected chi connectivity index (χ2v) is 3.09. The maximum atomic E-state index is 3.95. The monoisotopic (exact) mass is 120 g/mol. The highest BCUT2D eigenvalue weighted by atomic mass is 14.4. The lowest BCUT2D eigenvalue weighted by Crippen LogP contribution is -1.77. The molecule has 0 N–H and O–H groups in total. The zero-order valence-electron chi connectivity index (χ0n) is 5.69. The second-order valence-electron chi connectivity index (χ2n) is 3.09. The van der Waals surface area contributed by atoms with Crippen molar-refractivity contribution in [3.63, 3.8) is 0 Å². The Bertz CT molecular complexity index is 174. The van der Waals surface area contributed by atoms with Crippen molar-refractivity contribution in [1.82, 2.24) is 0 Å². The molecule has 1 fully saturated rings. The maximum Gasteiger partial charge on any atom is 0.00419 e. The first-order valence-electron chi connectivity index (χ1n) is 3.74. The first-order valence-corrected chi connectivity index (χ1v) is 3.74. The Morgan fingerprint density at radius 1 is 1.56 bits per heavy atom. The molecule has 0 saturated heterocycles. The minimum atomic E-state index is 0.826. The molecule has 48 valence electrons. The Morgan fingerprint density at radius 3 is 2.78 bits per heavy atom. The summed E-state index contributed by atoms with van der Waals surface area (Å²) in [5.74, 6) is 0.826. The Balaban J connectivity index is 2.06. The van der Waals surface area contributed by atoms with Gasteiger partial charge >= 0.3 is 0 Å². The quantitative estimate of drug-likeness (QED) is 0.467. The van der Waals surface area contributed by atoms with E-state index in [1.807, 2.05) is 0 Å². The summed E-state index contributed by atoms with van der Waals surface area (Å²) < 4.78 is 0. The molecule has 1 atom stereocenters. The molecule has 2 rings (SSSR count). The number of hydrogen-bond donors (Lipinski definition) is 0. The van der Waals surface area contributed by atoms with Gasteiger partial charge in [-0.3, -0.25) is 0 Å². The number of rotatable bonds is 1. The van der Waals surface area contributed by atoms with Crippen LogP contribution in [0, 0.1) is 5.92 Å². The van der Waals surface area contributed by atoms with Crippen LogP contribution in [0.15, 0.2) is 23.8 Å². The molecule has 2 aliphatic carbocycles. The van der Waals surface area contributed by atoms with E-state index in [9.17, 15) is 0 Å². The third-order valence-corrected chi connectivity index (χ3v) is 2.32. The van der Waals surface area contributed by atoms with E-state index in [-0.39, 0.29) is 0 Å². The van der Waals surface area contributed by atoms with Gasteiger partial charge in [0.05, 0.1) is 0 Å². The average Bonchev–Trinajstić information content (AvgIpc) is 2.44. The van der Waals surface area contributed by atoms with Gasteiger partial charge in [-0.1, -0.05) is 23.8 Å². The normalized spacial score (nSPS) is 32.7. The van der Waals surface area contributed by atoms with Gasteiger partial charge in [-0.05, 0) is 25.7 Å². The van der Waals surface area contributed by atoms with Crippen LogP contribution in [0.4, 0.5) is 0 Å². The molecule has 2 aliphatic rings. The Kier molecular flexibility index (Phi) is 1.01. The fourth-order valence-corrected chi connectivity index (χ4v) is 1.61. The lowest BCUT2D eigenvalue weighted by atomic mass is 10.1. The van der Waals surface area contributed by atoms with Crippen LogP contribution < -0.4 is 0 Å². The van der Waals surface area contributed by atoms with E-state index in [0.29, 0.717) is 0 Å². The molecule has 0 radical (unpaired) electrons. The second kappa shape index (κ2) is 1.73. The van der Waals surface area contributed by atoms with Gasteiger partial charge in [0, 0.05) is 5.92 Å². The maximum absolute atomic E-state index is 3.95. The summed E-state index contributed by atoms with van der Waals surface area (Å²) in [6, 6.07) is 0. The van der Waals surface area contributed by atoms with E-state index in [1.54, 1.807) is 5.57 Å². The van der Waals surface area contributed by atoms with Crippen molar-refractivity contribution in [3.8, 4) is 0 Å². The first-order chi connectivity index (χ1) is 4.38. The summed E-state index contributed by atoms with van der Waals surface area (Å²) in [4.78, 5) is 0. The molecule has 0 heteroatoms. The van der Waals surface area contributed by atoms with Crippen molar-refractivity contribution in [1.29, 1.82) is 0 Å². The summed E-state index contributed by atoms with van der Waals surface area (Å²) >= 11 is 0. The molecule has 9 heavy (non-hydrogen) atoms. The van der Waals surface area contributed by atoms with Crippen molar-refractivity contribution in [3.05, 3.63) is 23.8 Å². The minimum Gasteiger partial charge on any atom is -0.0992 e. The highest BCUT2D eigenvalue weighted by Crippen LogP contribution is 2.45. The van der Waals surface area contributed by atoms with Gasteiger partial charge in [-0.15, -0.1) is 0 Å². The van der Waals surface area contributed by atoms with Crippen LogP contribution in [-0.2, 0) is 0 Å². The van der Waals surface area contributed by atoms with Gasteiger partial charge in [0.1, 0.15) is 0 Å². The molecule has 0 aromatic heterocycles. The summed E-state index contributed by atoms with van der Waals surface area (Å²) in [5.41, 5.74) is 3.14. The van der Waals surface area contributed by atoms with Crippen molar-refractivity contribution in [2.24, 2.45) is 5.92 Å². The lowest BCUT2D eigenvalue weighted by molar-refractivity contribution is 0.863.